The molecule has 1 aromatic carbocycles. The topological polar surface area (TPSA) is 101 Å². The number of nitrogens with one attached hydrogen (secondary N) is 2. The van der Waals surface area contributed by atoms with Crippen LogP contribution in [0.3, 0.4) is 0 Å². The van der Waals surface area contributed by atoms with Crippen LogP contribution < -0.4 is 16.4 Å². The Labute approximate surface area is 110 Å². The minimum Gasteiger partial charge on any atom is -0.342 e. The predicted octanol–water partition coefficient (Wildman–Crippen LogP) is -0.912. The van der Waals surface area contributed by atoms with Gasteiger partial charge in [0.2, 0.25) is 17.7 Å². The lowest BCUT2D eigenvalue weighted by Gasteiger charge is -2.14. The molecule has 19 heavy (non-hydrogen) atoms. The fourth-order valence-electron chi connectivity index (χ4n) is 1.91. The predicted molar refractivity (Wildman–Crippen MR) is 67.8 cm³/mol. The van der Waals surface area contributed by atoms with E-state index >= 15 is 0 Å². The summed E-state index contributed by atoms with van der Waals surface area (Å²) in [7, 11) is 0. The third-order valence-corrected chi connectivity index (χ3v) is 2.92. The zero-order valence-electron chi connectivity index (χ0n) is 10.3. The number of carbonyl (C=O) groups is 3. The Balaban J connectivity index is 1.89. The van der Waals surface area contributed by atoms with E-state index in [9.17, 15) is 14.4 Å². The Morgan fingerprint density at radius 1 is 1.37 bits per heavy atom. The van der Waals surface area contributed by atoms with Crippen molar-refractivity contribution in [3.05, 3.63) is 35.9 Å². The summed E-state index contributed by atoms with van der Waals surface area (Å²) in [5.74, 6) is -1.30. The van der Waals surface area contributed by atoms with Gasteiger partial charge in [-0.15, -0.1) is 0 Å². The maximum absolute atomic E-state index is 11.8. The van der Waals surface area contributed by atoms with Crippen molar-refractivity contribution in [1.29, 1.82) is 0 Å². The molecular formula is C13H15N3O3. The van der Waals surface area contributed by atoms with Crippen LogP contribution in [0.15, 0.2) is 30.3 Å². The first-order valence-corrected chi connectivity index (χ1v) is 6.00. The van der Waals surface area contributed by atoms with Gasteiger partial charge in [0.15, 0.2) is 0 Å². The molecule has 2 rings (SSSR count). The maximum atomic E-state index is 11.8. The van der Waals surface area contributed by atoms with Gasteiger partial charge in [0.1, 0.15) is 6.04 Å². The van der Waals surface area contributed by atoms with E-state index in [-0.39, 0.29) is 12.3 Å². The highest BCUT2D eigenvalue weighted by atomic mass is 16.2. The summed E-state index contributed by atoms with van der Waals surface area (Å²) >= 11 is 0. The lowest BCUT2D eigenvalue weighted by atomic mass is 10.1. The molecule has 6 nitrogen and oxygen atoms in total. The molecule has 2 unspecified atom stereocenters. The molecule has 1 fully saturated rings. The summed E-state index contributed by atoms with van der Waals surface area (Å²) in [6, 6.07) is 7.81. The van der Waals surface area contributed by atoms with Crippen molar-refractivity contribution in [1.82, 2.24) is 10.6 Å². The molecule has 0 aliphatic carbocycles. The summed E-state index contributed by atoms with van der Waals surface area (Å²) in [4.78, 5) is 34.1. The van der Waals surface area contributed by atoms with Crippen molar-refractivity contribution in [3.8, 4) is 0 Å². The number of rotatable bonds is 4. The highest BCUT2D eigenvalue weighted by molar-refractivity contribution is 6.07. The Bertz CT molecular complexity index is 501. The Kier molecular flexibility index (Phi) is 3.91. The standard InChI is InChI=1S/C13H15N3O3/c14-9(6-8-4-2-1-3-5-8)12(18)15-10-7-11(17)16-13(10)19/h1-5,9-10H,6-7,14H2,(H,15,18)(H,16,17,19). The molecule has 6 heteroatoms. The quantitative estimate of drug-likeness (QED) is 0.610. The second-order valence-corrected chi connectivity index (χ2v) is 4.47. The van der Waals surface area contributed by atoms with E-state index in [1.807, 2.05) is 30.3 Å². The van der Waals surface area contributed by atoms with E-state index in [2.05, 4.69) is 10.6 Å². The van der Waals surface area contributed by atoms with E-state index < -0.39 is 23.9 Å². The van der Waals surface area contributed by atoms with Crippen LogP contribution in [0.25, 0.3) is 0 Å². The maximum Gasteiger partial charge on any atom is 0.249 e. The second-order valence-electron chi connectivity index (χ2n) is 4.47. The van der Waals surface area contributed by atoms with Gasteiger partial charge >= 0.3 is 0 Å². The fraction of sp³-hybridized carbons (Fsp3) is 0.308. The van der Waals surface area contributed by atoms with Crippen molar-refractivity contribution in [2.75, 3.05) is 0 Å². The van der Waals surface area contributed by atoms with Crippen LogP contribution in [0.1, 0.15) is 12.0 Å². The molecule has 0 bridgehead atoms. The summed E-state index contributed by atoms with van der Waals surface area (Å²) < 4.78 is 0. The molecule has 3 amide bonds. The van der Waals surface area contributed by atoms with Crippen molar-refractivity contribution in [2.24, 2.45) is 5.73 Å². The number of imide groups is 1. The van der Waals surface area contributed by atoms with E-state index in [4.69, 9.17) is 5.73 Å². The minimum atomic E-state index is -0.804. The SMILES string of the molecule is NC(Cc1ccccc1)C(=O)NC1CC(=O)NC1=O. The van der Waals surface area contributed by atoms with Gasteiger partial charge in [-0.05, 0) is 12.0 Å². The van der Waals surface area contributed by atoms with Crippen LogP contribution in [-0.2, 0) is 20.8 Å². The van der Waals surface area contributed by atoms with Gasteiger partial charge in [-0.3, -0.25) is 19.7 Å². The summed E-state index contributed by atoms with van der Waals surface area (Å²) in [5, 5.41) is 4.61. The summed E-state index contributed by atoms with van der Waals surface area (Å²) in [6.07, 6.45) is 0.359. The zero-order chi connectivity index (χ0) is 13.8. The minimum absolute atomic E-state index is 0.0252. The van der Waals surface area contributed by atoms with E-state index in [0.29, 0.717) is 6.42 Å². The molecule has 100 valence electrons. The molecule has 0 saturated carbocycles. The molecule has 1 heterocycles. The van der Waals surface area contributed by atoms with Crippen molar-refractivity contribution >= 4 is 17.7 Å². The van der Waals surface area contributed by atoms with Crippen molar-refractivity contribution in [3.63, 3.8) is 0 Å². The Hall–Kier alpha value is -2.21. The van der Waals surface area contributed by atoms with Crippen LogP contribution in [0, 0.1) is 0 Å². The molecule has 0 aromatic heterocycles. The highest BCUT2D eigenvalue weighted by Gasteiger charge is 2.32. The number of amides is 3. The molecule has 0 radical (unpaired) electrons. The van der Waals surface area contributed by atoms with Gasteiger partial charge in [0.25, 0.3) is 0 Å². The lowest BCUT2D eigenvalue weighted by Crippen LogP contribution is -2.48. The monoisotopic (exact) mass is 261 g/mol. The Morgan fingerprint density at radius 2 is 2.05 bits per heavy atom. The zero-order valence-corrected chi connectivity index (χ0v) is 10.3. The lowest BCUT2D eigenvalue weighted by molar-refractivity contribution is -0.128. The third-order valence-electron chi connectivity index (χ3n) is 2.92. The van der Waals surface area contributed by atoms with Gasteiger partial charge in [-0.25, -0.2) is 0 Å². The first kappa shape index (κ1) is 13.2. The molecule has 2 atom stereocenters. The first-order valence-electron chi connectivity index (χ1n) is 6.00. The number of benzene rings is 1. The van der Waals surface area contributed by atoms with Crippen LogP contribution in [-0.4, -0.2) is 29.8 Å². The smallest absolute Gasteiger partial charge is 0.249 e. The van der Waals surface area contributed by atoms with Crippen LogP contribution in [0.4, 0.5) is 0 Å². The molecule has 4 N–H and O–H groups in total. The largest absolute Gasteiger partial charge is 0.342 e. The summed E-state index contributed by atoms with van der Waals surface area (Å²) in [5.41, 5.74) is 6.72. The van der Waals surface area contributed by atoms with Crippen LogP contribution in [0.2, 0.25) is 0 Å². The molecular weight excluding hydrogens is 246 g/mol. The second kappa shape index (κ2) is 5.62. The first-order chi connectivity index (χ1) is 9.06. The fourth-order valence-corrected chi connectivity index (χ4v) is 1.91. The number of hydrogen-bond donors (Lipinski definition) is 3. The number of nitrogens with two attached hydrogens (primary N) is 1. The highest BCUT2D eigenvalue weighted by Crippen LogP contribution is 2.04. The van der Waals surface area contributed by atoms with Gasteiger partial charge in [-0.1, -0.05) is 30.3 Å². The van der Waals surface area contributed by atoms with Gasteiger partial charge in [-0.2, -0.15) is 0 Å². The van der Waals surface area contributed by atoms with Gasteiger partial charge < -0.3 is 11.1 Å². The van der Waals surface area contributed by atoms with Crippen LogP contribution >= 0.6 is 0 Å². The molecule has 1 saturated heterocycles. The van der Waals surface area contributed by atoms with Crippen LogP contribution in [0.5, 0.6) is 0 Å². The average molecular weight is 261 g/mol. The third kappa shape index (κ3) is 3.38. The van der Waals surface area contributed by atoms with Gasteiger partial charge in [0, 0.05) is 0 Å². The molecule has 1 aliphatic heterocycles. The van der Waals surface area contributed by atoms with E-state index in [1.54, 1.807) is 0 Å². The molecule has 1 aromatic rings. The van der Waals surface area contributed by atoms with Crippen molar-refractivity contribution in [2.45, 2.75) is 24.9 Å². The normalized spacial score (nSPS) is 19.9. The van der Waals surface area contributed by atoms with Gasteiger partial charge in [0.05, 0.1) is 12.5 Å². The number of hydrogen-bond acceptors (Lipinski definition) is 4. The number of carbonyl (C=O) groups excluding carboxylic acids is 3. The van der Waals surface area contributed by atoms with E-state index in [0.717, 1.165) is 5.56 Å². The van der Waals surface area contributed by atoms with Crippen molar-refractivity contribution < 1.29 is 14.4 Å². The summed E-state index contributed by atoms with van der Waals surface area (Å²) in [6.45, 7) is 0. The van der Waals surface area contributed by atoms with E-state index in [1.165, 1.54) is 0 Å². The molecule has 1 aliphatic rings. The molecule has 0 spiro atoms. The average Bonchev–Trinajstić information content (AvgIpc) is 2.69. The Morgan fingerprint density at radius 3 is 2.63 bits per heavy atom.